The van der Waals surface area contributed by atoms with E-state index in [2.05, 4.69) is 0 Å². The SMILES string of the molecule is O=C(O)c1ccccc1CCC(=O)N(Cc1ccccc1F)C1CC1. The van der Waals surface area contributed by atoms with Crippen molar-refractivity contribution in [2.45, 2.75) is 38.3 Å². The number of hydrogen-bond acceptors (Lipinski definition) is 2. The van der Waals surface area contributed by atoms with Crippen LogP contribution in [0.2, 0.25) is 0 Å². The molecule has 1 fully saturated rings. The third-order valence-electron chi connectivity index (χ3n) is 4.46. The van der Waals surface area contributed by atoms with Gasteiger partial charge in [0, 0.05) is 24.6 Å². The largest absolute Gasteiger partial charge is 0.478 e. The highest BCUT2D eigenvalue weighted by atomic mass is 19.1. The molecule has 0 bridgehead atoms. The van der Waals surface area contributed by atoms with Crippen LogP contribution >= 0.6 is 0 Å². The summed E-state index contributed by atoms with van der Waals surface area (Å²) in [7, 11) is 0. The third-order valence-corrected chi connectivity index (χ3v) is 4.46. The number of amides is 1. The Hall–Kier alpha value is -2.69. The highest BCUT2D eigenvalue weighted by molar-refractivity contribution is 5.89. The molecule has 1 saturated carbocycles. The molecule has 5 heteroatoms. The standard InChI is InChI=1S/C20H20FNO3/c21-18-8-4-2-6-15(18)13-22(16-10-11-16)19(23)12-9-14-5-1-3-7-17(14)20(24)25/h1-8,16H,9-13H2,(H,24,25). The highest BCUT2D eigenvalue weighted by Gasteiger charge is 2.32. The lowest BCUT2D eigenvalue weighted by Crippen LogP contribution is -2.33. The van der Waals surface area contributed by atoms with Gasteiger partial charge in [-0.3, -0.25) is 4.79 Å². The van der Waals surface area contributed by atoms with Crippen LogP contribution in [0.1, 0.15) is 40.7 Å². The molecule has 0 aliphatic heterocycles. The lowest BCUT2D eigenvalue weighted by Gasteiger charge is -2.23. The van der Waals surface area contributed by atoms with Crippen molar-refractivity contribution in [3.05, 3.63) is 71.0 Å². The van der Waals surface area contributed by atoms with Crippen molar-refractivity contribution in [3.63, 3.8) is 0 Å². The molecular weight excluding hydrogens is 321 g/mol. The van der Waals surface area contributed by atoms with Crippen LogP contribution in [0.3, 0.4) is 0 Å². The topological polar surface area (TPSA) is 57.6 Å². The van der Waals surface area contributed by atoms with Gasteiger partial charge in [0.1, 0.15) is 5.82 Å². The van der Waals surface area contributed by atoms with Crippen molar-refractivity contribution in [2.24, 2.45) is 0 Å². The Bertz CT molecular complexity index is 786. The van der Waals surface area contributed by atoms with E-state index in [-0.39, 0.29) is 36.3 Å². The third kappa shape index (κ3) is 4.24. The van der Waals surface area contributed by atoms with Gasteiger partial charge in [0.2, 0.25) is 5.91 Å². The molecule has 0 atom stereocenters. The fraction of sp³-hybridized carbons (Fsp3) is 0.300. The van der Waals surface area contributed by atoms with Gasteiger partial charge in [-0.05, 0) is 37.0 Å². The molecule has 2 aromatic carbocycles. The summed E-state index contributed by atoms with van der Waals surface area (Å²) in [6, 6.07) is 13.4. The lowest BCUT2D eigenvalue weighted by atomic mass is 10.0. The number of carbonyl (C=O) groups excluding carboxylic acids is 1. The van der Waals surface area contributed by atoms with E-state index in [1.54, 1.807) is 47.4 Å². The van der Waals surface area contributed by atoms with E-state index < -0.39 is 5.97 Å². The first-order valence-electron chi connectivity index (χ1n) is 8.40. The summed E-state index contributed by atoms with van der Waals surface area (Å²) in [6.07, 6.45) is 2.45. The number of carboxylic acid groups (broad SMARTS) is 1. The van der Waals surface area contributed by atoms with E-state index in [4.69, 9.17) is 0 Å². The second kappa shape index (κ2) is 7.47. The molecule has 0 unspecified atom stereocenters. The van der Waals surface area contributed by atoms with Crippen molar-refractivity contribution in [3.8, 4) is 0 Å². The van der Waals surface area contributed by atoms with E-state index in [9.17, 15) is 19.1 Å². The van der Waals surface area contributed by atoms with E-state index in [1.165, 1.54) is 6.07 Å². The Morgan fingerprint density at radius 1 is 1.04 bits per heavy atom. The van der Waals surface area contributed by atoms with E-state index in [0.717, 1.165) is 12.8 Å². The molecule has 0 saturated heterocycles. The first-order chi connectivity index (χ1) is 12.1. The van der Waals surface area contributed by atoms with Gasteiger partial charge in [-0.1, -0.05) is 36.4 Å². The lowest BCUT2D eigenvalue weighted by molar-refractivity contribution is -0.132. The molecule has 3 rings (SSSR count). The van der Waals surface area contributed by atoms with Crippen LogP contribution in [-0.4, -0.2) is 27.9 Å². The Kier molecular flexibility index (Phi) is 5.12. The molecule has 1 aliphatic rings. The maximum atomic E-state index is 13.9. The maximum absolute atomic E-state index is 13.9. The van der Waals surface area contributed by atoms with Crippen LogP contribution in [0.5, 0.6) is 0 Å². The molecule has 0 aromatic heterocycles. The smallest absolute Gasteiger partial charge is 0.335 e. The summed E-state index contributed by atoms with van der Waals surface area (Å²) in [4.78, 5) is 25.6. The minimum Gasteiger partial charge on any atom is -0.478 e. The number of halogens is 1. The van der Waals surface area contributed by atoms with E-state index >= 15 is 0 Å². The van der Waals surface area contributed by atoms with Crippen LogP contribution in [0, 0.1) is 5.82 Å². The molecule has 25 heavy (non-hydrogen) atoms. The van der Waals surface area contributed by atoms with Gasteiger partial charge in [-0.2, -0.15) is 0 Å². The van der Waals surface area contributed by atoms with Crippen LogP contribution in [0.15, 0.2) is 48.5 Å². The van der Waals surface area contributed by atoms with Crippen LogP contribution < -0.4 is 0 Å². The number of carbonyl (C=O) groups is 2. The van der Waals surface area contributed by atoms with Gasteiger partial charge < -0.3 is 10.0 Å². The van der Waals surface area contributed by atoms with E-state index in [1.807, 2.05) is 0 Å². The molecule has 4 nitrogen and oxygen atoms in total. The molecule has 130 valence electrons. The zero-order valence-electron chi connectivity index (χ0n) is 13.8. The van der Waals surface area contributed by atoms with Gasteiger partial charge in [-0.25, -0.2) is 9.18 Å². The number of aryl methyl sites for hydroxylation is 1. The Labute approximate surface area is 145 Å². The van der Waals surface area contributed by atoms with E-state index in [0.29, 0.717) is 17.5 Å². The second-order valence-electron chi connectivity index (χ2n) is 6.31. The predicted octanol–water partition coefficient (Wildman–Crippen LogP) is 3.65. The molecule has 0 radical (unpaired) electrons. The van der Waals surface area contributed by atoms with Gasteiger partial charge >= 0.3 is 5.97 Å². The molecule has 1 aliphatic carbocycles. The zero-order valence-corrected chi connectivity index (χ0v) is 13.8. The average Bonchev–Trinajstić information content (AvgIpc) is 3.44. The Morgan fingerprint density at radius 3 is 2.32 bits per heavy atom. The van der Waals surface area contributed by atoms with Crippen molar-refractivity contribution in [2.75, 3.05) is 0 Å². The highest BCUT2D eigenvalue weighted by Crippen LogP contribution is 2.29. The number of carboxylic acids is 1. The van der Waals surface area contributed by atoms with Crippen molar-refractivity contribution in [1.29, 1.82) is 0 Å². The molecule has 2 aromatic rings. The van der Waals surface area contributed by atoms with Gasteiger partial charge in [-0.15, -0.1) is 0 Å². The average molecular weight is 341 g/mol. The first kappa shape index (κ1) is 17.1. The van der Waals surface area contributed by atoms with Gasteiger partial charge in [0.25, 0.3) is 0 Å². The summed E-state index contributed by atoms with van der Waals surface area (Å²) in [5.74, 6) is -1.36. The van der Waals surface area contributed by atoms with Crippen LogP contribution in [-0.2, 0) is 17.8 Å². The fourth-order valence-electron chi connectivity index (χ4n) is 2.95. The van der Waals surface area contributed by atoms with Crippen molar-refractivity contribution < 1.29 is 19.1 Å². The van der Waals surface area contributed by atoms with Crippen molar-refractivity contribution in [1.82, 2.24) is 4.90 Å². The van der Waals surface area contributed by atoms with Crippen LogP contribution in [0.25, 0.3) is 0 Å². The molecule has 1 amide bonds. The number of rotatable bonds is 7. The Morgan fingerprint density at radius 2 is 1.68 bits per heavy atom. The van der Waals surface area contributed by atoms with Crippen molar-refractivity contribution >= 4 is 11.9 Å². The maximum Gasteiger partial charge on any atom is 0.335 e. The summed E-state index contributed by atoms with van der Waals surface area (Å²) in [6.45, 7) is 0.261. The fourth-order valence-corrected chi connectivity index (χ4v) is 2.95. The molecule has 0 spiro atoms. The normalized spacial score (nSPS) is 13.5. The van der Waals surface area contributed by atoms with Crippen LogP contribution in [0.4, 0.5) is 4.39 Å². The Balaban J connectivity index is 1.68. The van der Waals surface area contributed by atoms with Gasteiger partial charge in [0.15, 0.2) is 0 Å². The predicted molar refractivity (Wildman–Crippen MR) is 91.7 cm³/mol. The monoisotopic (exact) mass is 341 g/mol. The zero-order chi connectivity index (χ0) is 17.8. The number of nitrogens with zero attached hydrogens (tertiary/aromatic N) is 1. The number of aromatic carboxylic acids is 1. The second-order valence-corrected chi connectivity index (χ2v) is 6.31. The number of hydrogen-bond donors (Lipinski definition) is 1. The summed E-state index contributed by atoms with van der Waals surface area (Å²) >= 11 is 0. The minimum absolute atomic E-state index is 0.0639. The quantitative estimate of drug-likeness (QED) is 0.836. The summed E-state index contributed by atoms with van der Waals surface area (Å²) < 4.78 is 13.9. The molecule has 1 N–H and O–H groups in total. The number of benzene rings is 2. The molecule has 0 heterocycles. The summed E-state index contributed by atoms with van der Waals surface area (Å²) in [5.41, 5.74) is 1.38. The minimum atomic E-state index is -0.992. The van der Waals surface area contributed by atoms with Gasteiger partial charge in [0.05, 0.1) is 5.56 Å². The summed E-state index contributed by atoms with van der Waals surface area (Å²) in [5, 5.41) is 9.23. The molecular formula is C20H20FNO3. The first-order valence-corrected chi connectivity index (χ1v) is 8.40.